The van der Waals surface area contributed by atoms with Crippen molar-refractivity contribution in [3.05, 3.63) is 52.3 Å². The molecule has 8 nitrogen and oxygen atoms in total. The van der Waals surface area contributed by atoms with Crippen molar-refractivity contribution in [3.63, 3.8) is 0 Å². The molecule has 1 atom stereocenters. The number of tetrazole rings is 1. The highest BCUT2D eigenvalue weighted by molar-refractivity contribution is 6.31. The quantitative estimate of drug-likeness (QED) is 0.623. The molecule has 0 amide bonds. The summed E-state index contributed by atoms with van der Waals surface area (Å²) in [6.07, 6.45) is 2.58. The van der Waals surface area contributed by atoms with E-state index in [4.69, 9.17) is 16.6 Å². The zero-order chi connectivity index (χ0) is 20.3. The third kappa shape index (κ3) is 4.23. The molecule has 0 radical (unpaired) electrons. The summed E-state index contributed by atoms with van der Waals surface area (Å²) >= 11 is 6.46. The van der Waals surface area contributed by atoms with Gasteiger partial charge in [-0.25, -0.2) is 4.68 Å². The third-order valence-electron chi connectivity index (χ3n) is 4.79. The minimum atomic E-state index is -0.286. The molecular weight excluding hydrogens is 376 g/mol. The average Bonchev–Trinajstić information content (AvgIpc) is 3.24. The van der Waals surface area contributed by atoms with Crippen LogP contribution in [0.5, 0.6) is 0 Å². The third-order valence-corrected chi connectivity index (χ3v) is 5.09. The van der Waals surface area contributed by atoms with Gasteiger partial charge in [0.25, 0.3) is 0 Å². The van der Waals surface area contributed by atoms with Crippen LogP contribution in [0, 0.1) is 6.92 Å². The van der Waals surface area contributed by atoms with Gasteiger partial charge < -0.3 is 5.32 Å². The van der Waals surface area contributed by atoms with Crippen LogP contribution in [-0.4, -0.2) is 41.5 Å². The largest absolute Gasteiger partial charge is 0.301 e. The Balaban J connectivity index is 1.93. The van der Waals surface area contributed by atoms with E-state index in [0.717, 1.165) is 35.9 Å². The van der Waals surface area contributed by atoms with E-state index in [1.165, 1.54) is 0 Å². The van der Waals surface area contributed by atoms with E-state index >= 15 is 0 Å². The molecule has 1 N–H and O–H groups in total. The van der Waals surface area contributed by atoms with Gasteiger partial charge in [-0.2, -0.15) is 5.10 Å². The predicted molar refractivity (Wildman–Crippen MR) is 108 cm³/mol. The second-order valence-corrected chi connectivity index (χ2v) is 8.03. The molecule has 0 aliphatic carbocycles. The van der Waals surface area contributed by atoms with Crippen LogP contribution in [0.15, 0.2) is 24.4 Å². The van der Waals surface area contributed by atoms with Gasteiger partial charge in [-0.15, -0.1) is 5.10 Å². The standard InChI is InChI=1S/C19H27ClN8/c1-6-10-28-18(24-25-26-28)16(17-14(20)11-22-27(17)5)21-12-19(3,4)15-9-7-8-13(2)23-15/h7-9,11,16,21H,6,10,12H2,1-5H3. The van der Waals surface area contributed by atoms with Crippen molar-refractivity contribution in [2.45, 2.75) is 52.1 Å². The van der Waals surface area contributed by atoms with Crippen LogP contribution >= 0.6 is 11.6 Å². The molecule has 0 fully saturated rings. The molecule has 9 heteroatoms. The first-order valence-corrected chi connectivity index (χ1v) is 9.82. The van der Waals surface area contributed by atoms with Crippen LogP contribution in [0.3, 0.4) is 0 Å². The highest BCUT2D eigenvalue weighted by Crippen LogP contribution is 2.28. The molecule has 1 unspecified atom stereocenters. The normalized spacial score (nSPS) is 13.1. The van der Waals surface area contributed by atoms with Crippen LogP contribution in [-0.2, 0) is 19.0 Å². The summed E-state index contributed by atoms with van der Waals surface area (Å²) in [5.74, 6) is 0.723. The number of nitrogens with one attached hydrogen (secondary N) is 1. The number of aromatic nitrogens is 7. The SMILES string of the molecule is CCCn1nnnc1C(NCC(C)(C)c1cccc(C)n1)c1c(Cl)cnn1C. The number of aryl methyl sites for hydroxylation is 3. The number of hydrogen-bond donors (Lipinski definition) is 1. The molecule has 3 rings (SSSR count). The van der Waals surface area contributed by atoms with Gasteiger partial charge in [0, 0.05) is 36.9 Å². The minimum absolute atomic E-state index is 0.196. The topological polar surface area (TPSA) is 86.3 Å². The average molecular weight is 403 g/mol. The lowest BCUT2D eigenvalue weighted by atomic mass is 9.88. The van der Waals surface area contributed by atoms with E-state index in [0.29, 0.717) is 11.6 Å². The lowest BCUT2D eigenvalue weighted by molar-refractivity contribution is 0.407. The van der Waals surface area contributed by atoms with Crippen LogP contribution in [0.25, 0.3) is 0 Å². The number of halogens is 1. The van der Waals surface area contributed by atoms with Gasteiger partial charge in [-0.05, 0) is 35.9 Å². The Hall–Kier alpha value is -2.32. The molecule has 28 heavy (non-hydrogen) atoms. The maximum absolute atomic E-state index is 6.46. The van der Waals surface area contributed by atoms with E-state index < -0.39 is 0 Å². The number of nitrogens with zero attached hydrogens (tertiary/aromatic N) is 7. The van der Waals surface area contributed by atoms with Crippen molar-refractivity contribution < 1.29 is 0 Å². The molecule has 3 aromatic heterocycles. The Bertz CT molecular complexity index is 910. The Morgan fingerprint density at radius 2 is 2.07 bits per heavy atom. The summed E-state index contributed by atoms with van der Waals surface area (Å²) in [7, 11) is 1.87. The maximum atomic E-state index is 6.46. The second-order valence-electron chi connectivity index (χ2n) is 7.62. The maximum Gasteiger partial charge on any atom is 0.174 e. The first-order chi connectivity index (χ1) is 13.3. The van der Waals surface area contributed by atoms with Gasteiger partial charge in [0.1, 0.15) is 6.04 Å². The Labute approximate surface area is 170 Å². The fourth-order valence-corrected chi connectivity index (χ4v) is 3.49. The van der Waals surface area contributed by atoms with Gasteiger partial charge in [0.2, 0.25) is 0 Å². The van der Waals surface area contributed by atoms with Gasteiger partial charge in [-0.3, -0.25) is 9.67 Å². The van der Waals surface area contributed by atoms with Gasteiger partial charge in [0.15, 0.2) is 5.82 Å². The molecule has 0 aliphatic heterocycles. The van der Waals surface area contributed by atoms with Crippen LogP contribution in [0.1, 0.15) is 56.1 Å². The Kier molecular flexibility index (Phi) is 6.10. The molecule has 0 bridgehead atoms. The van der Waals surface area contributed by atoms with Crippen LogP contribution in [0.4, 0.5) is 0 Å². The van der Waals surface area contributed by atoms with E-state index in [2.05, 4.69) is 52.8 Å². The highest BCUT2D eigenvalue weighted by atomic mass is 35.5. The van der Waals surface area contributed by atoms with Crippen molar-refractivity contribution >= 4 is 11.6 Å². The predicted octanol–water partition coefficient (Wildman–Crippen LogP) is 2.83. The monoisotopic (exact) mass is 402 g/mol. The molecule has 0 spiro atoms. The summed E-state index contributed by atoms with van der Waals surface area (Å²) < 4.78 is 3.59. The molecule has 0 aromatic carbocycles. The molecule has 0 aliphatic rings. The van der Waals surface area contributed by atoms with Crippen molar-refractivity contribution in [1.82, 2.24) is 40.3 Å². The number of rotatable bonds is 8. The highest BCUT2D eigenvalue weighted by Gasteiger charge is 2.30. The van der Waals surface area contributed by atoms with Crippen molar-refractivity contribution in [1.29, 1.82) is 0 Å². The van der Waals surface area contributed by atoms with Crippen LogP contribution in [0.2, 0.25) is 5.02 Å². The van der Waals surface area contributed by atoms with Crippen molar-refractivity contribution in [2.75, 3.05) is 6.54 Å². The summed E-state index contributed by atoms with van der Waals surface area (Å²) in [5.41, 5.74) is 2.67. The van der Waals surface area contributed by atoms with E-state index in [-0.39, 0.29) is 11.5 Å². The fraction of sp³-hybridized carbons (Fsp3) is 0.526. The smallest absolute Gasteiger partial charge is 0.174 e. The van der Waals surface area contributed by atoms with Crippen molar-refractivity contribution in [3.8, 4) is 0 Å². The first-order valence-electron chi connectivity index (χ1n) is 9.44. The zero-order valence-electron chi connectivity index (χ0n) is 17.0. The second kappa shape index (κ2) is 8.36. The van der Waals surface area contributed by atoms with Crippen LogP contribution < -0.4 is 5.32 Å². The first kappa shape index (κ1) is 20.4. The molecule has 0 saturated carbocycles. The number of hydrogen-bond acceptors (Lipinski definition) is 6. The summed E-state index contributed by atoms with van der Waals surface area (Å²) in [6.45, 7) is 9.83. The summed E-state index contributed by atoms with van der Waals surface area (Å²) in [5, 5.41) is 20.8. The van der Waals surface area contributed by atoms with Crippen molar-refractivity contribution in [2.24, 2.45) is 7.05 Å². The van der Waals surface area contributed by atoms with Gasteiger partial charge >= 0.3 is 0 Å². The number of pyridine rings is 1. The summed E-state index contributed by atoms with van der Waals surface area (Å²) in [4.78, 5) is 4.70. The minimum Gasteiger partial charge on any atom is -0.301 e. The Morgan fingerprint density at radius 3 is 2.71 bits per heavy atom. The van der Waals surface area contributed by atoms with E-state index in [1.54, 1.807) is 10.9 Å². The Morgan fingerprint density at radius 1 is 1.29 bits per heavy atom. The molecule has 150 valence electrons. The van der Waals surface area contributed by atoms with Gasteiger partial charge in [0.05, 0.1) is 16.9 Å². The fourth-order valence-electron chi connectivity index (χ4n) is 3.21. The van der Waals surface area contributed by atoms with Gasteiger partial charge in [-0.1, -0.05) is 38.4 Å². The molecule has 3 heterocycles. The van der Waals surface area contributed by atoms with E-state index in [1.807, 2.05) is 30.8 Å². The zero-order valence-corrected chi connectivity index (χ0v) is 17.8. The lowest BCUT2D eigenvalue weighted by Gasteiger charge is -2.28. The summed E-state index contributed by atoms with van der Waals surface area (Å²) in [6, 6.07) is 5.81. The molecular formula is C19H27ClN8. The molecule has 3 aromatic rings. The molecule has 0 saturated heterocycles. The van der Waals surface area contributed by atoms with E-state index in [9.17, 15) is 0 Å². The lowest BCUT2D eigenvalue weighted by Crippen LogP contribution is -2.38.